The van der Waals surface area contributed by atoms with Crippen molar-refractivity contribution in [1.82, 2.24) is 4.31 Å². The second-order valence-electron chi connectivity index (χ2n) is 7.24. The third-order valence-corrected chi connectivity index (χ3v) is 7.33. The Balaban J connectivity index is 2.15. The zero-order valence-electron chi connectivity index (χ0n) is 15.9. The normalized spacial score (nSPS) is 18.5. The van der Waals surface area contributed by atoms with Gasteiger partial charge in [-0.2, -0.15) is 4.31 Å². The first kappa shape index (κ1) is 20.9. The maximum atomic E-state index is 12.9. The van der Waals surface area contributed by atoms with Crippen molar-refractivity contribution in [2.24, 2.45) is 11.7 Å². The molecule has 0 heterocycles. The van der Waals surface area contributed by atoms with Gasteiger partial charge in [0.05, 0.1) is 10.9 Å². The average Bonchev–Trinajstić information content (AvgIpc) is 2.66. The first-order valence-electron chi connectivity index (χ1n) is 9.42. The molecular formula is C19H31N3O3S. The molecule has 0 bridgehead atoms. The van der Waals surface area contributed by atoms with Gasteiger partial charge >= 0.3 is 0 Å². The van der Waals surface area contributed by atoms with Gasteiger partial charge in [-0.25, -0.2) is 8.42 Å². The van der Waals surface area contributed by atoms with E-state index in [0.717, 1.165) is 32.1 Å². The highest BCUT2D eigenvalue weighted by molar-refractivity contribution is 7.89. The molecule has 0 aliphatic heterocycles. The van der Waals surface area contributed by atoms with Crippen LogP contribution in [0.25, 0.3) is 0 Å². The van der Waals surface area contributed by atoms with Gasteiger partial charge < -0.3 is 11.1 Å². The van der Waals surface area contributed by atoms with Crippen LogP contribution in [0, 0.1) is 5.92 Å². The van der Waals surface area contributed by atoms with E-state index >= 15 is 0 Å². The second-order valence-corrected chi connectivity index (χ2v) is 9.24. The van der Waals surface area contributed by atoms with Gasteiger partial charge in [-0.15, -0.1) is 0 Å². The second kappa shape index (κ2) is 8.97. The van der Waals surface area contributed by atoms with Crippen LogP contribution >= 0.6 is 0 Å². The van der Waals surface area contributed by atoms with Crippen LogP contribution in [0.2, 0.25) is 0 Å². The molecule has 1 aromatic carbocycles. The van der Waals surface area contributed by atoms with E-state index in [9.17, 15) is 13.2 Å². The molecule has 2 atom stereocenters. The van der Waals surface area contributed by atoms with E-state index in [1.807, 2.05) is 13.8 Å². The molecule has 1 aromatic rings. The Morgan fingerprint density at radius 1 is 1.31 bits per heavy atom. The Hall–Kier alpha value is -1.44. The SMILES string of the molecule is CCC(C)C(N)C(=O)Nc1cccc(S(=O)(=O)N(C)C2CCCCC2)c1. The first-order chi connectivity index (χ1) is 12.3. The van der Waals surface area contributed by atoms with Crippen molar-refractivity contribution < 1.29 is 13.2 Å². The van der Waals surface area contributed by atoms with Crippen LogP contribution in [0.3, 0.4) is 0 Å². The van der Waals surface area contributed by atoms with Crippen molar-refractivity contribution in [3.05, 3.63) is 24.3 Å². The van der Waals surface area contributed by atoms with Crippen molar-refractivity contribution in [2.45, 2.75) is 69.4 Å². The number of anilines is 1. The number of carbonyl (C=O) groups is 1. The summed E-state index contributed by atoms with van der Waals surface area (Å²) in [5.41, 5.74) is 6.40. The van der Waals surface area contributed by atoms with E-state index in [2.05, 4.69) is 5.32 Å². The predicted molar refractivity (Wildman–Crippen MR) is 104 cm³/mol. The molecule has 7 heteroatoms. The number of hydrogen-bond acceptors (Lipinski definition) is 4. The summed E-state index contributed by atoms with van der Waals surface area (Å²) in [6.45, 7) is 3.90. The predicted octanol–water partition coefficient (Wildman–Crippen LogP) is 2.95. The smallest absolute Gasteiger partial charge is 0.243 e. The Kier molecular flexibility index (Phi) is 7.20. The number of carbonyl (C=O) groups excluding carboxylic acids is 1. The summed E-state index contributed by atoms with van der Waals surface area (Å²) >= 11 is 0. The van der Waals surface area contributed by atoms with Crippen LogP contribution in [-0.2, 0) is 14.8 Å². The monoisotopic (exact) mass is 381 g/mol. The average molecular weight is 382 g/mol. The molecule has 1 aliphatic carbocycles. The van der Waals surface area contributed by atoms with Gasteiger partial charge in [-0.05, 0) is 37.0 Å². The van der Waals surface area contributed by atoms with Gasteiger partial charge in [-0.3, -0.25) is 4.79 Å². The lowest BCUT2D eigenvalue weighted by molar-refractivity contribution is -0.118. The standard InChI is InChI=1S/C19H31N3O3S/c1-4-14(2)18(20)19(23)21-15-9-8-12-17(13-15)26(24,25)22(3)16-10-6-5-7-11-16/h8-9,12-14,16,18H,4-7,10-11,20H2,1-3H3,(H,21,23). The number of hydrogen-bond donors (Lipinski definition) is 2. The largest absolute Gasteiger partial charge is 0.325 e. The summed E-state index contributed by atoms with van der Waals surface area (Å²) in [7, 11) is -1.94. The number of benzene rings is 1. The van der Waals surface area contributed by atoms with Crippen LogP contribution in [0.4, 0.5) is 5.69 Å². The Morgan fingerprint density at radius 3 is 2.58 bits per heavy atom. The molecule has 3 N–H and O–H groups in total. The number of nitrogens with two attached hydrogens (primary N) is 1. The van der Waals surface area contributed by atoms with E-state index < -0.39 is 16.1 Å². The summed E-state index contributed by atoms with van der Waals surface area (Å²) in [5, 5.41) is 2.74. The maximum absolute atomic E-state index is 12.9. The van der Waals surface area contributed by atoms with Gasteiger partial charge in [0.2, 0.25) is 15.9 Å². The van der Waals surface area contributed by atoms with Crippen LogP contribution in [0.15, 0.2) is 29.2 Å². The number of nitrogens with one attached hydrogen (secondary N) is 1. The molecule has 6 nitrogen and oxygen atoms in total. The number of rotatable bonds is 7. The molecule has 1 aliphatic rings. The summed E-state index contributed by atoms with van der Waals surface area (Å²) < 4.78 is 27.4. The van der Waals surface area contributed by atoms with Crippen LogP contribution in [0.5, 0.6) is 0 Å². The van der Waals surface area contributed by atoms with Crippen molar-refractivity contribution in [3.63, 3.8) is 0 Å². The van der Waals surface area contributed by atoms with Crippen molar-refractivity contribution in [1.29, 1.82) is 0 Å². The van der Waals surface area contributed by atoms with Gasteiger partial charge in [0, 0.05) is 18.8 Å². The molecule has 26 heavy (non-hydrogen) atoms. The fourth-order valence-corrected chi connectivity index (χ4v) is 4.74. The highest BCUT2D eigenvalue weighted by Gasteiger charge is 2.29. The molecule has 1 saturated carbocycles. The summed E-state index contributed by atoms with van der Waals surface area (Å²) in [6.07, 6.45) is 5.89. The lowest BCUT2D eigenvalue weighted by Gasteiger charge is -2.30. The molecule has 2 rings (SSSR count). The lowest BCUT2D eigenvalue weighted by atomic mass is 9.96. The van der Waals surface area contributed by atoms with Gasteiger partial charge in [0.1, 0.15) is 0 Å². The fraction of sp³-hybridized carbons (Fsp3) is 0.632. The van der Waals surface area contributed by atoms with E-state index in [0.29, 0.717) is 5.69 Å². The molecule has 0 saturated heterocycles. The molecule has 2 unspecified atom stereocenters. The van der Waals surface area contributed by atoms with E-state index in [1.54, 1.807) is 25.2 Å². The van der Waals surface area contributed by atoms with Crippen molar-refractivity contribution in [2.75, 3.05) is 12.4 Å². The van der Waals surface area contributed by atoms with Crippen LogP contribution in [-0.4, -0.2) is 37.8 Å². The molecule has 146 valence electrons. The van der Waals surface area contributed by atoms with Gasteiger partial charge in [0.15, 0.2) is 0 Å². The minimum Gasteiger partial charge on any atom is -0.325 e. The Morgan fingerprint density at radius 2 is 1.96 bits per heavy atom. The maximum Gasteiger partial charge on any atom is 0.243 e. The molecule has 0 radical (unpaired) electrons. The quantitative estimate of drug-likeness (QED) is 0.759. The Bertz CT molecular complexity index is 714. The summed E-state index contributed by atoms with van der Waals surface area (Å²) in [6, 6.07) is 5.83. The van der Waals surface area contributed by atoms with Crippen molar-refractivity contribution in [3.8, 4) is 0 Å². The summed E-state index contributed by atoms with van der Waals surface area (Å²) in [5.74, 6) is -0.242. The third-order valence-electron chi connectivity index (χ3n) is 5.43. The van der Waals surface area contributed by atoms with Gasteiger partial charge in [0.25, 0.3) is 0 Å². The van der Waals surface area contributed by atoms with Gasteiger partial charge in [-0.1, -0.05) is 45.6 Å². The lowest BCUT2D eigenvalue weighted by Crippen LogP contribution is -2.40. The van der Waals surface area contributed by atoms with E-state index in [-0.39, 0.29) is 22.8 Å². The van der Waals surface area contributed by atoms with E-state index in [4.69, 9.17) is 5.73 Å². The highest BCUT2D eigenvalue weighted by Crippen LogP contribution is 2.27. The van der Waals surface area contributed by atoms with E-state index in [1.165, 1.54) is 16.8 Å². The molecule has 1 fully saturated rings. The molecule has 1 amide bonds. The molecule has 0 spiro atoms. The zero-order chi connectivity index (χ0) is 19.3. The first-order valence-corrected chi connectivity index (χ1v) is 10.9. The molecule has 0 aromatic heterocycles. The molecular weight excluding hydrogens is 350 g/mol. The summed E-state index contributed by atoms with van der Waals surface area (Å²) in [4.78, 5) is 12.5. The fourth-order valence-electron chi connectivity index (χ4n) is 3.28. The number of amides is 1. The number of sulfonamides is 1. The van der Waals surface area contributed by atoms with Crippen LogP contribution in [0.1, 0.15) is 52.4 Å². The highest BCUT2D eigenvalue weighted by atomic mass is 32.2. The van der Waals surface area contributed by atoms with Crippen molar-refractivity contribution >= 4 is 21.6 Å². The minimum absolute atomic E-state index is 0.0471. The third kappa shape index (κ3) is 4.84. The topological polar surface area (TPSA) is 92.5 Å². The minimum atomic E-state index is -3.59. The number of nitrogens with zero attached hydrogens (tertiary/aromatic N) is 1. The Labute approximate surface area is 157 Å². The van der Waals surface area contributed by atoms with Crippen LogP contribution < -0.4 is 11.1 Å². The zero-order valence-corrected chi connectivity index (χ0v) is 16.8.